The van der Waals surface area contributed by atoms with Crippen molar-refractivity contribution in [1.29, 1.82) is 5.26 Å². The lowest BCUT2D eigenvalue weighted by atomic mass is 9.99. The minimum absolute atomic E-state index is 0.393. The molecule has 8 rings (SSSR count). The third kappa shape index (κ3) is 4.22. The Labute approximate surface area is 265 Å². The molecule has 0 aliphatic heterocycles. The van der Waals surface area contributed by atoms with E-state index in [1.54, 1.807) is 0 Å². The van der Waals surface area contributed by atoms with Gasteiger partial charge < -0.3 is 9.13 Å². The van der Waals surface area contributed by atoms with E-state index in [1.165, 1.54) is 12.1 Å². The highest BCUT2D eigenvalue weighted by Gasteiger charge is 2.23. The van der Waals surface area contributed by atoms with Gasteiger partial charge in [-0.05, 0) is 112 Å². The smallest absolute Gasteiger partial charge is 0.126 e. The number of hydrogen-bond donors (Lipinski definition) is 0. The van der Waals surface area contributed by atoms with Crippen LogP contribution in [0.15, 0.2) is 103 Å². The van der Waals surface area contributed by atoms with Crippen LogP contribution in [0, 0.1) is 50.7 Å². The summed E-state index contributed by atoms with van der Waals surface area (Å²) in [5, 5.41) is 15.3. The molecule has 0 spiro atoms. The highest BCUT2D eigenvalue weighted by atomic mass is 19.1. The summed E-state index contributed by atoms with van der Waals surface area (Å²) in [6.07, 6.45) is 0. The van der Waals surface area contributed by atoms with Gasteiger partial charge in [0.1, 0.15) is 23.3 Å². The molecule has 3 nitrogen and oxygen atoms in total. The molecule has 0 saturated heterocycles. The second-order valence-electron chi connectivity index (χ2n) is 12.4. The van der Waals surface area contributed by atoms with Crippen LogP contribution in [0.2, 0.25) is 0 Å². The standard InChI is InChI=1S/C41H29F2N3/c1-23-5-9-36-31(13-23)32-14-24(2)6-10-37(32)45(36)40-19-28(27-17-29(42)21-30(43)18-27)20-41(35(40)22-44)46-38-11-7-25(3)15-33(38)34-16-26(4)8-12-39(34)46/h5-21H,1-4H3. The van der Waals surface area contributed by atoms with Crippen molar-refractivity contribution in [2.24, 2.45) is 0 Å². The Balaban J connectivity index is 1.58. The predicted octanol–water partition coefficient (Wildman–Crippen LogP) is 10.9. The van der Waals surface area contributed by atoms with Crippen molar-refractivity contribution in [1.82, 2.24) is 9.13 Å². The second kappa shape index (κ2) is 10.2. The van der Waals surface area contributed by atoms with Crippen LogP contribution in [-0.4, -0.2) is 9.13 Å². The molecule has 0 unspecified atom stereocenters. The van der Waals surface area contributed by atoms with Crippen LogP contribution in [0.4, 0.5) is 8.78 Å². The number of aryl methyl sites for hydroxylation is 4. The van der Waals surface area contributed by atoms with Crippen LogP contribution in [-0.2, 0) is 0 Å². The molecule has 0 aliphatic rings. The van der Waals surface area contributed by atoms with E-state index in [1.807, 2.05) is 12.1 Å². The Kier molecular flexibility index (Phi) is 6.13. The Hall–Kier alpha value is -5.73. The first-order valence-electron chi connectivity index (χ1n) is 15.3. The molecular formula is C41H29F2N3. The molecule has 0 aliphatic carbocycles. The fourth-order valence-corrected chi connectivity index (χ4v) is 6.99. The average molecular weight is 602 g/mol. The molecule has 2 aromatic heterocycles. The number of halogens is 2. The number of nitrogens with zero attached hydrogens (tertiary/aromatic N) is 3. The number of rotatable bonds is 3. The van der Waals surface area contributed by atoms with Crippen molar-refractivity contribution in [3.63, 3.8) is 0 Å². The van der Waals surface area contributed by atoms with Gasteiger partial charge in [0.25, 0.3) is 0 Å². The van der Waals surface area contributed by atoms with Crippen molar-refractivity contribution < 1.29 is 8.78 Å². The fourth-order valence-electron chi connectivity index (χ4n) is 6.99. The molecule has 0 N–H and O–H groups in total. The van der Waals surface area contributed by atoms with Gasteiger partial charge in [0.2, 0.25) is 0 Å². The lowest BCUT2D eigenvalue weighted by Crippen LogP contribution is -2.05. The Morgan fingerprint density at radius 1 is 0.457 bits per heavy atom. The molecule has 0 fully saturated rings. The van der Waals surface area contributed by atoms with Crippen molar-refractivity contribution in [3.8, 4) is 28.6 Å². The average Bonchev–Trinajstić information content (AvgIpc) is 3.50. The predicted molar refractivity (Wildman–Crippen MR) is 184 cm³/mol. The summed E-state index contributed by atoms with van der Waals surface area (Å²) in [4.78, 5) is 0. The van der Waals surface area contributed by atoms with E-state index in [9.17, 15) is 14.0 Å². The van der Waals surface area contributed by atoms with Crippen molar-refractivity contribution in [3.05, 3.63) is 143 Å². The van der Waals surface area contributed by atoms with E-state index in [4.69, 9.17) is 0 Å². The van der Waals surface area contributed by atoms with Crippen LogP contribution in [0.5, 0.6) is 0 Å². The molecule has 46 heavy (non-hydrogen) atoms. The molecule has 8 aromatic rings. The monoisotopic (exact) mass is 601 g/mol. The van der Waals surface area contributed by atoms with Gasteiger partial charge in [-0.1, -0.05) is 46.5 Å². The van der Waals surface area contributed by atoms with Crippen molar-refractivity contribution in [2.45, 2.75) is 27.7 Å². The first-order chi connectivity index (χ1) is 22.2. The third-order valence-electron chi connectivity index (χ3n) is 9.04. The molecular weight excluding hydrogens is 572 g/mol. The Bertz CT molecular complexity index is 2330. The summed E-state index contributed by atoms with van der Waals surface area (Å²) in [6, 6.07) is 35.2. The lowest BCUT2D eigenvalue weighted by Gasteiger charge is -2.18. The first-order valence-corrected chi connectivity index (χ1v) is 15.3. The van der Waals surface area contributed by atoms with Gasteiger partial charge in [-0.15, -0.1) is 0 Å². The molecule has 222 valence electrons. The van der Waals surface area contributed by atoms with Gasteiger partial charge in [-0.3, -0.25) is 0 Å². The third-order valence-corrected chi connectivity index (χ3v) is 9.04. The fraction of sp³-hybridized carbons (Fsp3) is 0.0976. The van der Waals surface area contributed by atoms with E-state index in [0.29, 0.717) is 28.1 Å². The minimum Gasteiger partial charge on any atom is -0.308 e. The summed E-state index contributed by atoms with van der Waals surface area (Å²) in [6.45, 7) is 8.29. The van der Waals surface area contributed by atoms with E-state index < -0.39 is 11.6 Å². The van der Waals surface area contributed by atoms with E-state index in [0.717, 1.165) is 71.9 Å². The normalized spacial score (nSPS) is 11.7. The largest absolute Gasteiger partial charge is 0.308 e. The number of nitriles is 1. The second-order valence-corrected chi connectivity index (χ2v) is 12.4. The summed E-state index contributed by atoms with van der Waals surface area (Å²) < 4.78 is 33.6. The molecule has 6 aromatic carbocycles. The van der Waals surface area contributed by atoms with Gasteiger partial charge >= 0.3 is 0 Å². The van der Waals surface area contributed by atoms with E-state index in [2.05, 4.69) is 116 Å². The molecule has 0 amide bonds. The summed E-state index contributed by atoms with van der Waals surface area (Å²) >= 11 is 0. The SMILES string of the molecule is Cc1ccc2c(c1)c1cc(C)ccc1n2-c1cc(-c2cc(F)cc(F)c2)cc(-n2c3ccc(C)cc3c3cc(C)ccc32)c1C#N. The van der Waals surface area contributed by atoms with Gasteiger partial charge in [0.15, 0.2) is 0 Å². The summed E-state index contributed by atoms with van der Waals surface area (Å²) in [7, 11) is 0. The highest BCUT2D eigenvalue weighted by Crippen LogP contribution is 2.41. The van der Waals surface area contributed by atoms with Gasteiger partial charge in [-0.2, -0.15) is 5.26 Å². The molecule has 0 atom stereocenters. The van der Waals surface area contributed by atoms with Gasteiger partial charge in [-0.25, -0.2) is 8.78 Å². The van der Waals surface area contributed by atoms with Crippen LogP contribution >= 0.6 is 0 Å². The highest BCUT2D eigenvalue weighted by molar-refractivity contribution is 6.11. The van der Waals surface area contributed by atoms with Crippen LogP contribution < -0.4 is 0 Å². The summed E-state index contributed by atoms with van der Waals surface area (Å²) in [5.74, 6) is -1.32. The molecule has 0 bridgehead atoms. The van der Waals surface area contributed by atoms with Crippen molar-refractivity contribution >= 4 is 43.6 Å². The maximum Gasteiger partial charge on any atom is 0.126 e. The topological polar surface area (TPSA) is 33.6 Å². The van der Waals surface area contributed by atoms with Crippen molar-refractivity contribution in [2.75, 3.05) is 0 Å². The lowest BCUT2D eigenvalue weighted by molar-refractivity contribution is 0.584. The first kappa shape index (κ1) is 27.8. The summed E-state index contributed by atoms with van der Waals surface area (Å²) in [5.41, 5.74) is 11.1. The number of fused-ring (bicyclic) bond motifs is 6. The Morgan fingerprint density at radius 3 is 1.11 bits per heavy atom. The van der Waals surface area contributed by atoms with Crippen LogP contribution in [0.3, 0.4) is 0 Å². The number of hydrogen-bond acceptors (Lipinski definition) is 1. The van der Waals surface area contributed by atoms with E-state index in [-0.39, 0.29) is 0 Å². The number of aromatic nitrogens is 2. The minimum atomic E-state index is -0.659. The number of benzene rings is 6. The molecule has 2 heterocycles. The van der Waals surface area contributed by atoms with E-state index >= 15 is 0 Å². The maximum atomic E-state index is 14.7. The zero-order valence-corrected chi connectivity index (χ0v) is 25.9. The maximum absolute atomic E-state index is 14.7. The van der Waals surface area contributed by atoms with Gasteiger partial charge in [0.05, 0.1) is 33.4 Å². The van der Waals surface area contributed by atoms with Crippen LogP contribution in [0.1, 0.15) is 27.8 Å². The zero-order chi connectivity index (χ0) is 31.9. The van der Waals surface area contributed by atoms with Crippen LogP contribution in [0.25, 0.3) is 66.1 Å². The Morgan fingerprint density at radius 2 is 0.783 bits per heavy atom. The quantitative estimate of drug-likeness (QED) is 0.198. The van der Waals surface area contributed by atoms with Gasteiger partial charge in [0, 0.05) is 27.6 Å². The molecule has 5 heteroatoms. The molecule has 0 radical (unpaired) electrons. The zero-order valence-electron chi connectivity index (χ0n) is 25.9. The molecule has 0 saturated carbocycles.